The summed E-state index contributed by atoms with van der Waals surface area (Å²) in [7, 11) is -0.666. The highest BCUT2D eigenvalue weighted by Gasteiger charge is 2.24. The van der Waals surface area contributed by atoms with E-state index in [1.807, 2.05) is 0 Å². The van der Waals surface area contributed by atoms with Crippen molar-refractivity contribution in [2.45, 2.75) is 44.2 Å². The van der Waals surface area contributed by atoms with Gasteiger partial charge in [-0.3, -0.25) is 0 Å². The SMILES string of the molecule is COc1ccc(S(=O)(=O)N(C)C[C@@H](C)NC(=O)OC(C)(C)C)cc1. The summed E-state index contributed by atoms with van der Waals surface area (Å²) < 4.78 is 36.4. The van der Waals surface area contributed by atoms with Crippen molar-refractivity contribution >= 4 is 16.1 Å². The fourth-order valence-electron chi connectivity index (χ4n) is 1.97. The maximum atomic E-state index is 12.5. The average Bonchev–Trinajstić information content (AvgIpc) is 2.44. The predicted molar refractivity (Wildman–Crippen MR) is 91.6 cm³/mol. The first kappa shape index (κ1) is 20.2. The van der Waals surface area contributed by atoms with Crippen LogP contribution in [0.2, 0.25) is 0 Å². The van der Waals surface area contributed by atoms with Gasteiger partial charge in [-0.1, -0.05) is 0 Å². The van der Waals surface area contributed by atoms with Gasteiger partial charge in [0, 0.05) is 19.6 Å². The quantitative estimate of drug-likeness (QED) is 0.843. The maximum Gasteiger partial charge on any atom is 0.407 e. The van der Waals surface area contributed by atoms with Crippen LogP contribution in [-0.2, 0) is 14.8 Å². The molecule has 1 aromatic rings. The second-order valence-electron chi connectivity index (χ2n) is 6.51. The average molecular weight is 358 g/mol. The van der Waals surface area contributed by atoms with E-state index in [0.717, 1.165) is 0 Å². The highest BCUT2D eigenvalue weighted by Crippen LogP contribution is 2.18. The Bertz CT molecular complexity index is 650. The number of alkyl carbamates (subject to hydrolysis) is 1. The Labute approximate surface area is 144 Å². The molecule has 1 N–H and O–H groups in total. The summed E-state index contributed by atoms with van der Waals surface area (Å²) in [6.07, 6.45) is -0.578. The van der Waals surface area contributed by atoms with Crippen LogP contribution in [0, 0.1) is 0 Å². The van der Waals surface area contributed by atoms with Gasteiger partial charge in [0.05, 0.1) is 12.0 Å². The molecule has 1 aromatic carbocycles. The highest BCUT2D eigenvalue weighted by atomic mass is 32.2. The van der Waals surface area contributed by atoms with Crippen LogP contribution < -0.4 is 10.1 Å². The number of nitrogens with one attached hydrogen (secondary N) is 1. The van der Waals surface area contributed by atoms with Crippen molar-refractivity contribution in [3.8, 4) is 5.75 Å². The van der Waals surface area contributed by atoms with Crippen molar-refractivity contribution in [2.75, 3.05) is 20.7 Å². The van der Waals surface area contributed by atoms with Gasteiger partial charge in [-0.05, 0) is 52.0 Å². The highest BCUT2D eigenvalue weighted by molar-refractivity contribution is 7.89. The van der Waals surface area contributed by atoms with Crippen molar-refractivity contribution < 1.29 is 22.7 Å². The minimum absolute atomic E-state index is 0.119. The maximum absolute atomic E-state index is 12.5. The number of amides is 1. The number of nitrogens with zero attached hydrogens (tertiary/aromatic N) is 1. The van der Waals surface area contributed by atoms with Crippen molar-refractivity contribution in [2.24, 2.45) is 0 Å². The third kappa shape index (κ3) is 6.01. The van der Waals surface area contributed by atoms with Crippen LogP contribution >= 0.6 is 0 Å². The molecule has 7 nitrogen and oxygen atoms in total. The number of hydrogen-bond donors (Lipinski definition) is 1. The zero-order valence-corrected chi connectivity index (χ0v) is 15.8. The van der Waals surface area contributed by atoms with Crippen molar-refractivity contribution in [3.63, 3.8) is 0 Å². The van der Waals surface area contributed by atoms with Crippen LogP contribution in [-0.4, -0.2) is 51.2 Å². The van der Waals surface area contributed by atoms with Gasteiger partial charge in [-0.2, -0.15) is 4.31 Å². The monoisotopic (exact) mass is 358 g/mol. The fourth-order valence-corrected chi connectivity index (χ4v) is 3.23. The molecular formula is C16H26N2O5S. The van der Waals surface area contributed by atoms with Crippen LogP contribution in [0.1, 0.15) is 27.7 Å². The summed E-state index contributed by atoms with van der Waals surface area (Å²) in [6.45, 7) is 7.12. The Kier molecular flexibility index (Phi) is 6.62. The minimum Gasteiger partial charge on any atom is -0.497 e. The van der Waals surface area contributed by atoms with Gasteiger partial charge in [-0.25, -0.2) is 13.2 Å². The van der Waals surface area contributed by atoms with Gasteiger partial charge in [-0.15, -0.1) is 0 Å². The molecule has 0 aliphatic carbocycles. The number of ether oxygens (including phenoxy) is 2. The van der Waals surface area contributed by atoms with E-state index in [2.05, 4.69) is 5.32 Å². The van der Waals surface area contributed by atoms with Gasteiger partial charge in [0.2, 0.25) is 10.0 Å². The lowest BCUT2D eigenvalue weighted by Crippen LogP contribution is -2.44. The molecule has 0 aromatic heterocycles. The number of carbonyl (C=O) groups excluding carboxylic acids is 1. The second-order valence-corrected chi connectivity index (χ2v) is 8.55. The molecule has 0 aliphatic heterocycles. The largest absolute Gasteiger partial charge is 0.497 e. The van der Waals surface area contributed by atoms with Gasteiger partial charge < -0.3 is 14.8 Å². The van der Waals surface area contributed by atoms with Crippen molar-refractivity contribution in [1.29, 1.82) is 0 Å². The molecule has 0 saturated heterocycles. The number of likely N-dealkylation sites (N-methyl/N-ethyl adjacent to an activating group) is 1. The molecule has 0 spiro atoms. The molecule has 0 unspecified atom stereocenters. The standard InChI is InChI=1S/C16H26N2O5S/c1-12(17-15(19)23-16(2,3)4)11-18(5)24(20,21)14-9-7-13(22-6)8-10-14/h7-10,12H,11H2,1-6H3,(H,17,19)/t12-/m1/s1. The van der Waals surface area contributed by atoms with Crippen LogP contribution in [0.4, 0.5) is 4.79 Å². The second kappa shape index (κ2) is 7.85. The molecule has 0 bridgehead atoms. The van der Waals surface area contributed by atoms with Crippen molar-refractivity contribution in [1.82, 2.24) is 9.62 Å². The van der Waals surface area contributed by atoms with E-state index >= 15 is 0 Å². The Morgan fingerprint density at radius 1 is 1.25 bits per heavy atom. The third-order valence-electron chi connectivity index (χ3n) is 3.06. The first-order valence-corrected chi connectivity index (χ1v) is 8.99. The Morgan fingerprint density at radius 3 is 2.25 bits per heavy atom. The number of sulfonamides is 1. The molecule has 0 radical (unpaired) electrons. The van der Waals surface area contributed by atoms with Gasteiger partial charge >= 0.3 is 6.09 Å². The number of benzene rings is 1. The van der Waals surface area contributed by atoms with E-state index in [9.17, 15) is 13.2 Å². The Hall–Kier alpha value is -1.80. The molecule has 0 heterocycles. The van der Waals surface area contributed by atoms with Crippen LogP contribution in [0.15, 0.2) is 29.2 Å². The molecule has 0 saturated carbocycles. The van der Waals surface area contributed by atoms with Gasteiger partial charge in [0.1, 0.15) is 11.4 Å². The Balaban J connectivity index is 2.70. The first-order valence-electron chi connectivity index (χ1n) is 7.55. The topological polar surface area (TPSA) is 84.9 Å². The summed E-state index contributed by atoms with van der Waals surface area (Å²) >= 11 is 0. The van der Waals surface area contributed by atoms with E-state index in [1.165, 1.54) is 30.6 Å². The molecule has 1 amide bonds. The lowest BCUT2D eigenvalue weighted by molar-refractivity contribution is 0.0504. The molecule has 0 fully saturated rings. The summed E-state index contributed by atoms with van der Waals surface area (Å²) in [6, 6.07) is 5.73. The molecule has 24 heavy (non-hydrogen) atoms. The normalized spacial score (nSPS) is 13.5. The molecule has 1 rings (SSSR count). The summed E-state index contributed by atoms with van der Waals surface area (Å²) in [5.41, 5.74) is -0.606. The van der Waals surface area contributed by atoms with Crippen molar-refractivity contribution in [3.05, 3.63) is 24.3 Å². The smallest absolute Gasteiger partial charge is 0.407 e. The zero-order valence-electron chi connectivity index (χ0n) is 15.0. The zero-order chi connectivity index (χ0) is 18.5. The fraction of sp³-hybridized carbons (Fsp3) is 0.562. The molecule has 1 atom stereocenters. The predicted octanol–water partition coefficient (Wildman–Crippen LogP) is 2.23. The minimum atomic E-state index is -3.64. The van der Waals surface area contributed by atoms with E-state index in [1.54, 1.807) is 39.8 Å². The molecule has 136 valence electrons. The van der Waals surface area contributed by atoms with Crippen LogP contribution in [0.25, 0.3) is 0 Å². The van der Waals surface area contributed by atoms with Gasteiger partial charge in [0.25, 0.3) is 0 Å². The summed E-state index contributed by atoms with van der Waals surface area (Å²) in [5, 5.41) is 2.62. The number of methoxy groups -OCH3 is 1. The Morgan fingerprint density at radius 2 is 1.79 bits per heavy atom. The van der Waals surface area contributed by atoms with E-state index in [0.29, 0.717) is 5.75 Å². The lowest BCUT2D eigenvalue weighted by Gasteiger charge is -2.24. The number of rotatable bonds is 6. The van der Waals surface area contributed by atoms with Crippen LogP contribution in [0.5, 0.6) is 5.75 Å². The molecule has 8 heteroatoms. The van der Waals surface area contributed by atoms with Crippen LogP contribution in [0.3, 0.4) is 0 Å². The number of hydrogen-bond acceptors (Lipinski definition) is 5. The molecule has 0 aliphatic rings. The first-order chi connectivity index (χ1) is 11.0. The number of carbonyl (C=O) groups is 1. The molecular weight excluding hydrogens is 332 g/mol. The lowest BCUT2D eigenvalue weighted by atomic mass is 10.2. The van der Waals surface area contributed by atoms with E-state index in [4.69, 9.17) is 9.47 Å². The third-order valence-corrected chi connectivity index (χ3v) is 4.90. The summed E-state index contributed by atoms with van der Waals surface area (Å²) in [4.78, 5) is 11.9. The van der Waals surface area contributed by atoms with E-state index < -0.39 is 27.8 Å². The summed E-state index contributed by atoms with van der Waals surface area (Å²) in [5.74, 6) is 0.580. The van der Waals surface area contributed by atoms with E-state index in [-0.39, 0.29) is 11.4 Å². The van der Waals surface area contributed by atoms with Gasteiger partial charge in [0.15, 0.2) is 0 Å².